The van der Waals surface area contributed by atoms with Gasteiger partial charge in [0.1, 0.15) is 5.75 Å². The lowest BCUT2D eigenvalue weighted by Gasteiger charge is -2.04. The molecule has 0 aliphatic carbocycles. The molecule has 1 heterocycles. The summed E-state index contributed by atoms with van der Waals surface area (Å²) in [6, 6.07) is 5.93. The lowest BCUT2D eigenvalue weighted by Crippen LogP contribution is -1.88. The number of halogens is 1. The summed E-state index contributed by atoms with van der Waals surface area (Å²) in [6.07, 6.45) is 2.47. The summed E-state index contributed by atoms with van der Waals surface area (Å²) in [5, 5.41) is 5.37. The van der Waals surface area contributed by atoms with Crippen LogP contribution in [0, 0.1) is 0 Å². The molecule has 5 heteroatoms. The Bertz CT molecular complexity index is 509. The minimum Gasteiger partial charge on any atom is -0.463 e. The highest BCUT2D eigenvalue weighted by Crippen LogP contribution is 2.30. The molecule has 1 aromatic carbocycles. The fourth-order valence-electron chi connectivity index (χ4n) is 1.34. The molecule has 0 saturated heterocycles. The van der Waals surface area contributed by atoms with E-state index in [-0.39, 0.29) is 0 Å². The van der Waals surface area contributed by atoms with Crippen molar-refractivity contribution in [2.45, 2.75) is 6.92 Å². The van der Waals surface area contributed by atoms with E-state index < -0.39 is 0 Å². The van der Waals surface area contributed by atoms with Crippen LogP contribution in [0.2, 0.25) is 0 Å². The summed E-state index contributed by atoms with van der Waals surface area (Å²) < 4.78 is 7.41. The zero-order valence-corrected chi connectivity index (χ0v) is 11.4. The second kappa shape index (κ2) is 4.49. The highest BCUT2D eigenvalue weighted by atomic mass is 127. The quantitative estimate of drug-likeness (QED) is 0.486. The van der Waals surface area contributed by atoms with E-state index in [1.807, 2.05) is 35.8 Å². The van der Waals surface area contributed by atoms with Crippen molar-refractivity contribution in [1.29, 1.82) is 0 Å². The molecule has 0 fully saturated rings. The minimum atomic E-state index is 0.618. The van der Waals surface area contributed by atoms with Crippen LogP contribution in [-0.4, -0.2) is 9.55 Å². The van der Waals surface area contributed by atoms with Gasteiger partial charge in [0.25, 0.3) is 0 Å². The van der Waals surface area contributed by atoms with E-state index in [2.05, 4.69) is 33.7 Å². The Morgan fingerprint density at radius 2 is 2.40 bits per heavy atom. The lowest BCUT2D eigenvalue weighted by molar-refractivity contribution is 0.431. The Labute approximate surface area is 103 Å². The number of hydrogen-bond acceptors (Lipinski definition) is 2. The molecule has 0 amide bonds. The standard InChI is InChI=1S/C10H10IN2OP/c1-7(2)14-9-3-4-10-8(5-9)6-12-13(10)15-11/h3-6,15H,1H2,2H3. The Kier molecular flexibility index (Phi) is 3.26. The first-order valence-electron chi connectivity index (χ1n) is 4.38. The Morgan fingerprint density at radius 1 is 1.60 bits per heavy atom. The maximum Gasteiger partial charge on any atom is 0.127 e. The molecule has 78 valence electrons. The monoisotopic (exact) mass is 332 g/mol. The summed E-state index contributed by atoms with van der Waals surface area (Å²) in [5.74, 6) is 1.50. The van der Waals surface area contributed by atoms with E-state index in [0.29, 0.717) is 12.1 Å². The van der Waals surface area contributed by atoms with Crippen LogP contribution in [0.4, 0.5) is 0 Å². The molecule has 15 heavy (non-hydrogen) atoms. The van der Waals surface area contributed by atoms with Gasteiger partial charge in [0, 0.05) is 5.39 Å². The van der Waals surface area contributed by atoms with Gasteiger partial charge in [0.05, 0.1) is 23.8 Å². The third-order valence-corrected chi connectivity index (χ3v) is 3.80. The van der Waals surface area contributed by atoms with Crippen molar-refractivity contribution in [3.63, 3.8) is 0 Å². The number of fused-ring (bicyclic) bond motifs is 1. The predicted molar refractivity (Wildman–Crippen MR) is 72.9 cm³/mol. The second-order valence-corrected chi connectivity index (χ2v) is 5.21. The number of benzene rings is 1. The average Bonchev–Trinajstić information content (AvgIpc) is 2.58. The third-order valence-electron chi connectivity index (χ3n) is 1.91. The zero-order valence-electron chi connectivity index (χ0n) is 8.20. The molecule has 2 rings (SSSR count). The summed E-state index contributed by atoms with van der Waals surface area (Å²) in [5.41, 5.74) is 1.14. The smallest absolute Gasteiger partial charge is 0.127 e. The van der Waals surface area contributed by atoms with Crippen LogP contribution in [0.25, 0.3) is 10.9 Å². The molecule has 0 N–H and O–H groups in total. The van der Waals surface area contributed by atoms with Crippen molar-refractivity contribution < 1.29 is 4.74 Å². The molecule has 1 aromatic heterocycles. The fraction of sp³-hybridized carbons (Fsp3) is 0.100. The first-order chi connectivity index (χ1) is 7.20. The van der Waals surface area contributed by atoms with E-state index in [9.17, 15) is 0 Å². The molecule has 0 aliphatic rings. The first kappa shape index (κ1) is 10.9. The van der Waals surface area contributed by atoms with Crippen LogP contribution in [0.1, 0.15) is 6.92 Å². The number of hydrogen-bond donors (Lipinski definition) is 0. The third kappa shape index (κ3) is 2.32. The SMILES string of the molecule is C=C(C)Oc1ccc2c(cnn2PI)c1. The molecule has 0 aliphatic heterocycles. The Morgan fingerprint density at radius 3 is 3.07 bits per heavy atom. The van der Waals surface area contributed by atoms with Crippen molar-refractivity contribution in [2.75, 3.05) is 0 Å². The maximum absolute atomic E-state index is 5.43. The van der Waals surface area contributed by atoms with Crippen LogP contribution in [0.15, 0.2) is 36.7 Å². The van der Waals surface area contributed by atoms with Gasteiger partial charge in [-0.25, -0.2) is 4.45 Å². The Hall–Kier alpha value is -0.610. The minimum absolute atomic E-state index is 0.618. The number of rotatable bonds is 3. The number of ether oxygens (including phenoxy) is 1. The normalized spacial score (nSPS) is 11.3. The summed E-state index contributed by atoms with van der Waals surface area (Å²) in [4.78, 5) is 0. The van der Waals surface area contributed by atoms with Gasteiger partial charge in [-0.2, -0.15) is 5.10 Å². The first-order valence-corrected chi connectivity index (χ1v) is 8.44. The summed E-state index contributed by atoms with van der Waals surface area (Å²) in [7, 11) is 0. The van der Waals surface area contributed by atoms with Gasteiger partial charge in [-0.05, 0) is 47.2 Å². The zero-order chi connectivity index (χ0) is 10.8. The molecule has 3 nitrogen and oxygen atoms in total. The molecular formula is C10H10IN2OP. The van der Waals surface area contributed by atoms with E-state index >= 15 is 0 Å². The number of allylic oxidation sites excluding steroid dienone is 1. The summed E-state index contributed by atoms with van der Waals surface area (Å²) in [6.45, 7) is 5.54. The van der Waals surface area contributed by atoms with Gasteiger partial charge in [-0.1, -0.05) is 6.58 Å². The van der Waals surface area contributed by atoms with Gasteiger partial charge in [-0.15, -0.1) is 0 Å². The molecule has 2 aromatic rings. The van der Waals surface area contributed by atoms with Gasteiger partial charge >= 0.3 is 0 Å². The molecule has 0 spiro atoms. The van der Waals surface area contributed by atoms with Crippen LogP contribution in [-0.2, 0) is 0 Å². The average molecular weight is 332 g/mol. The van der Waals surface area contributed by atoms with Gasteiger partial charge in [0.2, 0.25) is 0 Å². The van der Waals surface area contributed by atoms with Gasteiger partial charge < -0.3 is 4.74 Å². The number of nitrogens with zero attached hydrogens (tertiary/aromatic N) is 2. The van der Waals surface area contributed by atoms with Crippen molar-refractivity contribution in [3.05, 3.63) is 36.7 Å². The van der Waals surface area contributed by atoms with E-state index in [1.165, 1.54) is 0 Å². The molecule has 1 atom stereocenters. The highest BCUT2D eigenvalue weighted by Gasteiger charge is 2.03. The number of aromatic nitrogens is 2. The maximum atomic E-state index is 5.43. The van der Waals surface area contributed by atoms with Gasteiger partial charge in [0.15, 0.2) is 0 Å². The molecule has 0 saturated carbocycles. The van der Waals surface area contributed by atoms with Gasteiger partial charge in [-0.3, -0.25) is 0 Å². The van der Waals surface area contributed by atoms with Crippen LogP contribution in [0.3, 0.4) is 0 Å². The highest BCUT2D eigenvalue weighted by molar-refractivity contribution is 14.2. The van der Waals surface area contributed by atoms with E-state index in [4.69, 9.17) is 4.74 Å². The second-order valence-electron chi connectivity index (χ2n) is 3.17. The van der Waals surface area contributed by atoms with Crippen molar-refractivity contribution in [3.8, 4) is 5.75 Å². The van der Waals surface area contributed by atoms with Crippen LogP contribution in [0.5, 0.6) is 5.75 Å². The van der Waals surface area contributed by atoms with Crippen LogP contribution < -0.4 is 4.74 Å². The Balaban J connectivity index is 2.44. The van der Waals surface area contributed by atoms with Crippen molar-refractivity contribution in [1.82, 2.24) is 9.55 Å². The molecule has 0 bridgehead atoms. The topological polar surface area (TPSA) is 27.1 Å². The largest absolute Gasteiger partial charge is 0.463 e. The van der Waals surface area contributed by atoms with Crippen LogP contribution >= 0.6 is 28.4 Å². The molecule has 0 radical (unpaired) electrons. The van der Waals surface area contributed by atoms with E-state index in [0.717, 1.165) is 16.7 Å². The van der Waals surface area contributed by atoms with E-state index in [1.54, 1.807) is 0 Å². The molecule has 1 unspecified atom stereocenters. The predicted octanol–water partition coefficient (Wildman–Crippen LogP) is 3.74. The summed E-state index contributed by atoms with van der Waals surface area (Å²) >= 11 is 2.31. The lowest BCUT2D eigenvalue weighted by atomic mass is 10.2. The van der Waals surface area contributed by atoms with Crippen molar-refractivity contribution >= 4 is 39.3 Å². The van der Waals surface area contributed by atoms with Crippen molar-refractivity contribution in [2.24, 2.45) is 0 Å². The molecular weight excluding hydrogens is 322 g/mol. The fourth-order valence-corrected chi connectivity index (χ4v) is 2.89.